The molecule has 0 aliphatic heterocycles. The van der Waals surface area contributed by atoms with E-state index in [9.17, 15) is 8.42 Å². The molecule has 0 fully saturated rings. The monoisotopic (exact) mass is 441 g/mol. The molecule has 0 amide bonds. The van der Waals surface area contributed by atoms with E-state index >= 15 is 0 Å². The standard InChI is InChI=1S/C16H16BrN3O3S2/c1-10(2)11-3-5-12(6-4-11)16-19-14(23-20-16)9-18-25(21,22)15-8-7-13(17)24-15/h3-8,10,18H,9H2,1-2H3. The molecule has 0 aliphatic carbocycles. The van der Waals surface area contributed by atoms with Gasteiger partial charge in [-0.05, 0) is 39.5 Å². The SMILES string of the molecule is CC(C)c1ccc(-c2noc(CNS(=O)(=O)c3ccc(Br)s3)n2)cc1. The average molecular weight is 442 g/mol. The number of thiophene rings is 1. The predicted molar refractivity (Wildman–Crippen MR) is 99.9 cm³/mol. The number of hydrogen-bond donors (Lipinski definition) is 1. The van der Waals surface area contributed by atoms with Crippen molar-refractivity contribution in [2.24, 2.45) is 0 Å². The van der Waals surface area contributed by atoms with Gasteiger partial charge in [-0.25, -0.2) is 13.1 Å². The zero-order chi connectivity index (χ0) is 18.0. The first-order valence-corrected chi connectivity index (χ1v) is 10.6. The zero-order valence-corrected chi connectivity index (χ0v) is 16.8. The van der Waals surface area contributed by atoms with E-state index in [0.717, 1.165) is 20.7 Å². The van der Waals surface area contributed by atoms with Gasteiger partial charge >= 0.3 is 0 Å². The van der Waals surface area contributed by atoms with Crippen LogP contribution in [0.3, 0.4) is 0 Å². The summed E-state index contributed by atoms with van der Waals surface area (Å²) in [7, 11) is -3.60. The van der Waals surface area contributed by atoms with Crippen molar-refractivity contribution in [3.63, 3.8) is 0 Å². The van der Waals surface area contributed by atoms with Crippen molar-refractivity contribution in [2.75, 3.05) is 0 Å². The third-order valence-electron chi connectivity index (χ3n) is 3.53. The fourth-order valence-electron chi connectivity index (χ4n) is 2.13. The summed E-state index contributed by atoms with van der Waals surface area (Å²) < 4.78 is 32.9. The molecule has 2 aromatic heterocycles. The lowest BCUT2D eigenvalue weighted by molar-refractivity contribution is 0.376. The number of sulfonamides is 1. The van der Waals surface area contributed by atoms with Gasteiger partial charge in [-0.15, -0.1) is 11.3 Å². The molecule has 3 aromatic rings. The topological polar surface area (TPSA) is 85.1 Å². The maximum absolute atomic E-state index is 12.2. The van der Waals surface area contributed by atoms with Crippen LogP contribution in [0.2, 0.25) is 0 Å². The van der Waals surface area contributed by atoms with Crippen LogP contribution in [0.15, 0.2) is 48.9 Å². The number of nitrogens with one attached hydrogen (secondary N) is 1. The fraction of sp³-hybridized carbons (Fsp3) is 0.250. The first-order chi connectivity index (χ1) is 11.8. The summed E-state index contributed by atoms with van der Waals surface area (Å²) >= 11 is 4.38. The van der Waals surface area contributed by atoms with Gasteiger partial charge in [0.2, 0.25) is 11.7 Å². The summed E-state index contributed by atoms with van der Waals surface area (Å²) in [6.07, 6.45) is 0. The Hall–Kier alpha value is -1.55. The molecule has 6 nitrogen and oxygen atoms in total. The van der Waals surface area contributed by atoms with Crippen LogP contribution in [0.4, 0.5) is 0 Å². The van der Waals surface area contributed by atoms with Gasteiger partial charge in [0.05, 0.1) is 10.3 Å². The second-order valence-electron chi connectivity index (χ2n) is 5.67. The van der Waals surface area contributed by atoms with Crippen molar-refractivity contribution in [1.82, 2.24) is 14.9 Å². The molecule has 0 saturated carbocycles. The lowest BCUT2D eigenvalue weighted by Crippen LogP contribution is -2.22. The number of rotatable bonds is 6. The number of nitrogens with zero attached hydrogens (tertiary/aromatic N) is 2. The third-order valence-corrected chi connectivity index (χ3v) is 7.05. The van der Waals surface area contributed by atoms with Gasteiger partial charge < -0.3 is 4.52 Å². The minimum atomic E-state index is -3.60. The maximum atomic E-state index is 12.2. The van der Waals surface area contributed by atoms with Crippen LogP contribution in [0, 0.1) is 0 Å². The van der Waals surface area contributed by atoms with Crippen LogP contribution in [0.25, 0.3) is 11.4 Å². The Morgan fingerprint density at radius 1 is 1.20 bits per heavy atom. The quantitative estimate of drug-likeness (QED) is 0.620. The highest BCUT2D eigenvalue weighted by Gasteiger charge is 2.18. The second kappa shape index (κ2) is 7.36. The predicted octanol–water partition coefficient (Wildman–Crippen LogP) is 4.16. The smallest absolute Gasteiger partial charge is 0.250 e. The van der Waals surface area contributed by atoms with E-state index in [1.54, 1.807) is 6.07 Å². The van der Waals surface area contributed by atoms with Gasteiger partial charge in [-0.3, -0.25) is 0 Å². The Bertz CT molecular complexity index is 963. The summed E-state index contributed by atoms with van der Waals surface area (Å²) in [4.78, 5) is 4.25. The van der Waals surface area contributed by atoms with Crippen molar-refractivity contribution in [3.05, 3.63) is 51.6 Å². The number of aromatic nitrogens is 2. The summed E-state index contributed by atoms with van der Waals surface area (Å²) in [5, 5.41) is 3.91. The Morgan fingerprint density at radius 3 is 2.52 bits per heavy atom. The van der Waals surface area contributed by atoms with Crippen molar-refractivity contribution < 1.29 is 12.9 Å². The normalized spacial score (nSPS) is 12.0. The molecule has 1 N–H and O–H groups in total. The van der Waals surface area contributed by atoms with Gasteiger partial charge in [-0.2, -0.15) is 4.98 Å². The molecule has 0 spiro atoms. The Balaban J connectivity index is 1.69. The minimum Gasteiger partial charge on any atom is -0.338 e. The van der Waals surface area contributed by atoms with E-state index in [0.29, 0.717) is 11.7 Å². The van der Waals surface area contributed by atoms with Gasteiger partial charge in [0, 0.05) is 5.56 Å². The molecule has 25 heavy (non-hydrogen) atoms. The molecule has 0 unspecified atom stereocenters. The van der Waals surface area contributed by atoms with Gasteiger partial charge in [0.1, 0.15) is 4.21 Å². The maximum Gasteiger partial charge on any atom is 0.250 e. The van der Waals surface area contributed by atoms with Crippen LogP contribution in [0.1, 0.15) is 31.2 Å². The van der Waals surface area contributed by atoms with Crippen LogP contribution < -0.4 is 4.72 Å². The van der Waals surface area contributed by atoms with E-state index in [1.165, 1.54) is 11.6 Å². The van der Waals surface area contributed by atoms with Gasteiger partial charge in [0.15, 0.2) is 0 Å². The Labute approximate surface area is 158 Å². The summed E-state index contributed by atoms with van der Waals surface area (Å²) in [5.41, 5.74) is 2.05. The molecule has 1 aromatic carbocycles. The molecule has 132 valence electrons. The minimum absolute atomic E-state index is 0.0606. The van der Waals surface area contributed by atoms with E-state index < -0.39 is 10.0 Å². The molecule has 0 atom stereocenters. The van der Waals surface area contributed by atoms with E-state index in [-0.39, 0.29) is 16.6 Å². The van der Waals surface area contributed by atoms with Crippen LogP contribution in [0.5, 0.6) is 0 Å². The lowest BCUT2D eigenvalue weighted by Gasteiger charge is -2.04. The molecule has 9 heteroatoms. The highest BCUT2D eigenvalue weighted by atomic mass is 79.9. The van der Waals surface area contributed by atoms with Crippen molar-refractivity contribution >= 4 is 37.3 Å². The summed E-state index contributed by atoms with van der Waals surface area (Å²) in [6, 6.07) is 11.1. The summed E-state index contributed by atoms with van der Waals surface area (Å²) in [5.74, 6) is 1.09. The molecular formula is C16H16BrN3O3S2. The number of benzene rings is 1. The molecule has 0 aliphatic rings. The van der Waals surface area contributed by atoms with Crippen LogP contribution >= 0.6 is 27.3 Å². The fourth-order valence-corrected chi connectivity index (χ4v) is 5.16. The van der Waals surface area contributed by atoms with Crippen LogP contribution in [-0.4, -0.2) is 18.6 Å². The third kappa shape index (κ3) is 4.35. The average Bonchev–Trinajstić information content (AvgIpc) is 3.22. The molecule has 0 saturated heterocycles. The van der Waals surface area contributed by atoms with Crippen molar-refractivity contribution in [2.45, 2.75) is 30.5 Å². The Kier molecular flexibility index (Phi) is 5.38. The number of halogens is 1. The Morgan fingerprint density at radius 2 is 1.92 bits per heavy atom. The van der Waals surface area contributed by atoms with Gasteiger partial charge in [0.25, 0.3) is 10.0 Å². The second-order valence-corrected chi connectivity index (χ2v) is 10.1. The molecule has 0 bridgehead atoms. The van der Waals surface area contributed by atoms with Crippen molar-refractivity contribution in [1.29, 1.82) is 0 Å². The van der Waals surface area contributed by atoms with E-state index in [4.69, 9.17) is 4.52 Å². The first kappa shape index (κ1) is 18.2. The largest absolute Gasteiger partial charge is 0.338 e. The molecule has 0 radical (unpaired) electrons. The van der Waals surface area contributed by atoms with Gasteiger partial charge in [-0.1, -0.05) is 43.3 Å². The lowest BCUT2D eigenvalue weighted by atomic mass is 10.0. The highest BCUT2D eigenvalue weighted by Crippen LogP contribution is 2.26. The van der Waals surface area contributed by atoms with E-state index in [2.05, 4.69) is 44.6 Å². The summed E-state index contributed by atoms with van der Waals surface area (Å²) in [6.45, 7) is 4.19. The molecule has 2 heterocycles. The highest BCUT2D eigenvalue weighted by molar-refractivity contribution is 9.11. The van der Waals surface area contributed by atoms with Crippen LogP contribution in [-0.2, 0) is 16.6 Å². The zero-order valence-electron chi connectivity index (χ0n) is 13.6. The molecular weight excluding hydrogens is 426 g/mol. The van der Waals surface area contributed by atoms with Crippen molar-refractivity contribution in [3.8, 4) is 11.4 Å². The number of hydrogen-bond acceptors (Lipinski definition) is 6. The van der Waals surface area contributed by atoms with E-state index in [1.807, 2.05) is 24.3 Å². The molecule has 3 rings (SSSR count). The first-order valence-electron chi connectivity index (χ1n) is 7.53.